The topological polar surface area (TPSA) is 111 Å². The van der Waals surface area contributed by atoms with Gasteiger partial charge in [0.2, 0.25) is 0 Å². The maximum Gasteiger partial charge on any atom is 0.410 e. The van der Waals surface area contributed by atoms with Crippen molar-refractivity contribution in [1.29, 1.82) is 0 Å². The van der Waals surface area contributed by atoms with Crippen molar-refractivity contribution in [3.63, 3.8) is 0 Å². The van der Waals surface area contributed by atoms with Crippen LogP contribution in [-0.4, -0.2) is 56.2 Å². The van der Waals surface area contributed by atoms with Crippen LogP contribution in [-0.2, 0) is 11.3 Å². The molecule has 0 bridgehead atoms. The summed E-state index contributed by atoms with van der Waals surface area (Å²) in [5, 5.41) is 15.5. The van der Waals surface area contributed by atoms with Gasteiger partial charge in [0, 0.05) is 29.8 Å². The molecule has 1 atom stereocenters. The minimum absolute atomic E-state index is 0.0489. The van der Waals surface area contributed by atoms with E-state index in [2.05, 4.69) is 15.4 Å². The van der Waals surface area contributed by atoms with Gasteiger partial charge in [0.25, 0.3) is 12.3 Å². The van der Waals surface area contributed by atoms with E-state index in [0.29, 0.717) is 24.4 Å². The molecule has 14 heteroatoms. The highest BCUT2D eigenvalue weighted by molar-refractivity contribution is 5.98. The molecule has 3 heterocycles. The number of hydrogen-bond donors (Lipinski definition) is 2. The first-order chi connectivity index (χ1) is 16.0. The third-order valence-electron chi connectivity index (χ3n) is 4.90. The number of rotatable bonds is 8. The molecule has 0 saturated carbocycles. The Labute approximate surface area is 188 Å². The molecule has 3 aromatic rings. The molecule has 34 heavy (non-hydrogen) atoms. The minimum Gasteiger partial charge on any atom is -0.482 e. The van der Waals surface area contributed by atoms with E-state index in [0.717, 1.165) is 6.07 Å². The summed E-state index contributed by atoms with van der Waals surface area (Å²) in [5.41, 5.74) is -0.699. The number of nitrogens with one attached hydrogen (secondary N) is 1. The Bertz CT molecular complexity index is 1250. The smallest absolute Gasteiger partial charge is 0.410 e. The number of nitrogens with zero attached hydrogens (tertiary/aromatic N) is 4. The van der Waals surface area contributed by atoms with Crippen LogP contribution in [0.4, 0.5) is 27.8 Å². The fourth-order valence-corrected chi connectivity index (χ4v) is 3.18. The zero-order valence-electron chi connectivity index (χ0n) is 17.9. The molecule has 0 fully saturated rings. The van der Waals surface area contributed by atoms with Gasteiger partial charge in [-0.15, -0.1) is 0 Å². The third kappa shape index (κ3) is 5.16. The number of amides is 1. The van der Waals surface area contributed by atoms with Crippen LogP contribution in [0.2, 0.25) is 0 Å². The Balaban J connectivity index is 2.25. The van der Waals surface area contributed by atoms with Gasteiger partial charge >= 0.3 is 11.7 Å². The molecule has 184 valence electrons. The largest absolute Gasteiger partial charge is 0.482 e. The highest BCUT2D eigenvalue weighted by atomic mass is 19.4. The van der Waals surface area contributed by atoms with Gasteiger partial charge in [0.15, 0.2) is 5.75 Å². The second-order valence-electron chi connectivity index (χ2n) is 7.18. The second kappa shape index (κ2) is 9.75. The Kier molecular flexibility index (Phi) is 7.19. The van der Waals surface area contributed by atoms with Crippen molar-refractivity contribution in [2.24, 2.45) is 0 Å². The van der Waals surface area contributed by atoms with Crippen molar-refractivity contribution in [2.75, 3.05) is 18.5 Å². The number of aliphatic hydroxyl groups is 1. The summed E-state index contributed by atoms with van der Waals surface area (Å²) in [5.74, 6) is -1.41. The van der Waals surface area contributed by atoms with E-state index in [-0.39, 0.29) is 21.8 Å². The molecular weight excluding hydrogens is 469 g/mol. The number of aromatic nitrogens is 4. The summed E-state index contributed by atoms with van der Waals surface area (Å²) < 4.78 is 72.1. The molecule has 0 unspecified atom stereocenters. The standard InChI is InChI=1S/C20H20F5N5O4/c1-3-29-7-12(11-4-17(26-6-14(11)29)27-18(32)8-31)13-5-15(34-9-16(21)22)19(33)30(28-13)10(2)20(23,24)25/h4-7,10,16,31H,3,8-9H2,1-2H3,(H,26,27,32)/t10-/m0/s1. The van der Waals surface area contributed by atoms with Crippen LogP contribution in [0.15, 0.2) is 29.3 Å². The van der Waals surface area contributed by atoms with Gasteiger partial charge in [-0.3, -0.25) is 9.59 Å². The number of pyridine rings is 1. The number of carbonyl (C=O) groups is 1. The number of hydrogen-bond acceptors (Lipinski definition) is 6. The lowest BCUT2D eigenvalue weighted by Gasteiger charge is -2.19. The fourth-order valence-electron chi connectivity index (χ4n) is 3.18. The average molecular weight is 489 g/mol. The monoisotopic (exact) mass is 489 g/mol. The zero-order valence-corrected chi connectivity index (χ0v) is 17.9. The van der Waals surface area contributed by atoms with Crippen molar-refractivity contribution < 1.29 is 36.6 Å². The van der Waals surface area contributed by atoms with E-state index in [4.69, 9.17) is 9.84 Å². The van der Waals surface area contributed by atoms with E-state index in [9.17, 15) is 31.5 Å². The number of anilines is 1. The zero-order chi connectivity index (χ0) is 25.2. The average Bonchev–Trinajstić information content (AvgIpc) is 3.15. The summed E-state index contributed by atoms with van der Waals surface area (Å²) in [7, 11) is 0. The summed E-state index contributed by atoms with van der Waals surface area (Å²) >= 11 is 0. The predicted molar refractivity (Wildman–Crippen MR) is 111 cm³/mol. The lowest BCUT2D eigenvalue weighted by Crippen LogP contribution is -2.35. The minimum atomic E-state index is -4.85. The van der Waals surface area contributed by atoms with Crippen LogP contribution in [0.5, 0.6) is 5.75 Å². The summed E-state index contributed by atoms with van der Waals surface area (Å²) in [6, 6.07) is 0.0364. The van der Waals surface area contributed by atoms with Crippen molar-refractivity contribution >= 4 is 22.6 Å². The number of fused-ring (bicyclic) bond motifs is 1. The van der Waals surface area contributed by atoms with Crippen LogP contribution >= 0.6 is 0 Å². The number of aryl methyl sites for hydroxylation is 1. The van der Waals surface area contributed by atoms with Crippen LogP contribution in [0.25, 0.3) is 22.2 Å². The first kappa shape index (κ1) is 25.1. The Morgan fingerprint density at radius 3 is 2.59 bits per heavy atom. The quantitative estimate of drug-likeness (QED) is 0.471. The van der Waals surface area contributed by atoms with Gasteiger partial charge in [-0.2, -0.15) is 18.3 Å². The fraction of sp³-hybridized carbons (Fsp3) is 0.400. The molecule has 3 aromatic heterocycles. The van der Waals surface area contributed by atoms with Crippen molar-refractivity contribution in [3.8, 4) is 17.0 Å². The van der Waals surface area contributed by atoms with E-state index >= 15 is 0 Å². The summed E-state index contributed by atoms with van der Waals surface area (Å²) in [6.45, 7) is 0.929. The molecule has 3 rings (SSSR count). The van der Waals surface area contributed by atoms with Crippen molar-refractivity contribution in [2.45, 2.75) is 39.0 Å². The summed E-state index contributed by atoms with van der Waals surface area (Å²) in [4.78, 5) is 28.1. The molecule has 0 aliphatic carbocycles. The Morgan fingerprint density at radius 1 is 1.29 bits per heavy atom. The molecule has 9 nitrogen and oxygen atoms in total. The molecule has 0 saturated heterocycles. The van der Waals surface area contributed by atoms with Crippen molar-refractivity contribution in [3.05, 3.63) is 34.9 Å². The lowest BCUT2D eigenvalue weighted by molar-refractivity contribution is -0.166. The molecule has 0 radical (unpaired) electrons. The number of alkyl halides is 5. The van der Waals surface area contributed by atoms with Crippen molar-refractivity contribution in [1.82, 2.24) is 19.3 Å². The number of halogens is 5. The molecule has 0 aliphatic heterocycles. The van der Waals surface area contributed by atoms with E-state index in [1.807, 2.05) is 0 Å². The van der Waals surface area contributed by atoms with Gasteiger partial charge in [0.1, 0.15) is 25.1 Å². The highest BCUT2D eigenvalue weighted by Gasteiger charge is 2.39. The first-order valence-electron chi connectivity index (χ1n) is 9.97. The molecule has 0 aliphatic rings. The highest BCUT2D eigenvalue weighted by Crippen LogP contribution is 2.34. The molecule has 1 amide bonds. The van der Waals surface area contributed by atoms with Gasteiger partial charge < -0.3 is 19.7 Å². The molecular formula is C20H20F5N5O4. The number of aliphatic hydroxyl groups excluding tert-OH is 1. The molecule has 0 spiro atoms. The lowest BCUT2D eigenvalue weighted by atomic mass is 10.1. The maximum atomic E-state index is 13.4. The van der Waals surface area contributed by atoms with E-state index in [1.54, 1.807) is 11.5 Å². The van der Waals surface area contributed by atoms with E-state index < -0.39 is 49.1 Å². The first-order valence-corrected chi connectivity index (χ1v) is 9.97. The normalized spacial score (nSPS) is 12.9. The van der Waals surface area contributed by atoms with Gasteiger partial charge in [-0.05, 0) is 19.9 Å². The number of ether oxygens (including phenoxy) is 1. The number of carbonyl (C=O) groups excluding carboxylic acids is 1. The predicted octanol–water partition coefficient (Wildman–Crippen LogP) is 2.98. The Morgan fingerprint density at radius 2 is 2.00 bits per heavy atom. The molecule has 0 aromatic carbocycles. The SMILES string of the molecule is CCn1cc(-c2cc(OCC(F)F)c(=O)n([C@@H](C)C(F)(F)F)n2)c2cc(NC(=O)CO)ncc21. The molecule has 2 N–H and O–H groups in total. The Hall–Kier alpha value is -3.55. The van der Waals surface area contributed by atoms with Crippen LogP contribution in [0.1, 0.15) is 19.9 Å². The second-order valence-corrected chi connectivity index (χ2v) is 7.18. The van der Waals surface area contributed by atoms with Gasteiger partial charge in [-0.25, -0.2) is 18.4 Å². The van der Waals surface area contributed by atoms with Gasteiger partial charge in [0.05, 0.1) is 17.4 Å². The van der Waals surface area contributed by atoms with E-state index in [1.165, 1.54) is 18.5 Å². The van der Waals surface area contributed by atoms with Crippen LogP contribution in [0, 0.1) is 0 Å². The van der Waals surface area contributed by atoms with Gasteiger partial charge in [-0.1, -0.05) is 0 Å². The summed E-state index contributed by atoms with van der Waals surface area (Å²) in [6.07, 6.45) is -4.87. The maximum absolute atomic E-state index is 13.4. The third-order valence-corrected chi connectivity index (χ3v) is 4.90. The van der Waals surface area contributed by atoms with Crippen LogP contribution in [0.3, 0.4) is 0 Å². The van der Waals surface area contributed by atoms with Crippen LogP contribution < -0.4 is 15.6 Å².